The summed E-state index contributed by atoms with van der Waals surface area (Å²) in [6.45, 7) is 3.39. The fourth-order valence-electron chi connectivity index (χ4n) is 5.15. The van der Waals surface area contributed by atoms with Crippen molar-refractivity contribution in [1.29, 1.82) is 0 Å². The van der Waals surface area contributed by atoms with Crippen LogP contribution in [0.3, 0.4) is 0 Å². The van der Waals surface area contributed by atoms with Gasteiger partial charge in [0.2, 0.25) is 0 Å². The Balaban J connectivity index is 4.24. The number of allylic oxidation sites excluding steroid dienone is 7. The highest BCUT2D eigenvalue weighted by Crippen LogP contribution is 2.36. The van der Waals surface area contributed by atoms with E-state index in [2.05, 4.69) is 36.6 Å². The molecule has 52 heavy (non-hydrogen) atoms. The third kappa shape index (κ3) is 37.4. The van der Waals surface area contributed by atoms with Crippen LogP contribution in [0.15, 0.2) is 60.8 Å². The maximum atomic E-state index is 12.4. The van der Waals surface area contributed by atoms with Gasteiger partial charge in [-0.1, -0.05) is 139 Å². The molecule has 0 aromatic heterocycles. The van der Waals surface area contributed by atoms with E-state index < -0.39 is 44.7 Å². The van der Waals surface area contributed by atoms with E-state index >= 15 is 0 Å². The van der Waals surface area contributed by atoms with Crippen LogP contribution in [-0.2, 0) is 28.2 Å². The number of hydrogen-bond donors (Lipinski definition) is 4. The summed E-state index contributed by atoms with van der Waals surface area (Å²) in [5.41, 5.74) is 0. The molecular formula is C41H71O10P. The van der Waals surface area contributed by atoms with Crippen LogP contribution in [0.4, 0.5) is 0 Å². The second-order valence-corrected chi connectivity index (χ2v) is 14.5. The lowest BCUT2D eigenvalue weighted by Crippen LogP contribution is -2.29. The first-order valence-corrected chi connectivity index (χ1v) is 21.3. The van der Waals surface area contributed by atoms with E-state index in [0.717, 1.165) is 32.1 Å². The van der Waals surface area contributed by atoms with Crippen LogP contribution in [0.2, 0.25) is 0 Å². The van der Waals surface area contributed by atoms with Crippen molar-refractivity contribution >= 4 is 19.8 Å². The zero-order chi connectivity index (χ0) is 38.5. The van der Waals surface area contributed by atoms with E-state index in [1.54, 1.807) is 36.5 Å². The van der Waals surface area contributed by atoms with Gasteiger partial charge in [-0.2, -0.15) is 0 Å². The largest absolute Gasteiger partial charge is 0.469 e. The fraction of sp³-hybridized carbons (Fsp3) is 0.707. The molecule has 0 aliphatic carbocycles. The molecule has 0 heterocycles. The van der Waals surface area contributed by atoms with Crippen molar-refractivity contribution in [1.82, 2.24) is 0 Å². The summed E-state index contributed by atoms with van der Waals surface area (Å²) in [5, 5.41) is 20.2. The quantitative estimate of drug-likeness (QED) is 0.0161. The molecule has 0 spiro atoms. The number of ether oxygens (including phenoxy) is 2. The normalized spacial score (nSPS) is 14.3. The topological polar surface area (TPSA) is 160 Å². The molecule has 0 rings (SSSR count). The Morgan fingerprint density at radius 3 is 1.71 bits per heavy atom. The summed E-state index contributed by atoms with van der Waals surface area (Å²) in [7, 11) is -4.82. The lowest BCUT2D eigenvalue weighted by atomic mass is 10.1. The molecule has 0 aliphatic heterocycles. The van der Waals surface area contributed by atoms with Crippen molar-refractivity contribution in [3.05, 3.63) is 60.8 Å². The summed E-state index contributed by atoms with van der Waals surface area (Å²) in [5.74, 6) is -1.14. The predicted octanol–water partition coefficient (Wildman–Crippen LogP) is 9.68. The van der Waals surface area contributed by atoms with E-state index in [-0.39, 0.29) is 25.9 Å². The maximum Gasteiger partial charge on any atom is 0.469 e. The first kappa shape index (κ1) is 49.7. The molecule has 0 bridgehead atoms. The van der Waals surface area contributed by atoms with Gasteiger partial charge in [0.1, 0.15) is 6.61 Å². The summed E-state index contributed by atoms with van der Waals surface area (Å²) in [6.07, 6.45) is 37.1. The van der Waals surface area contributed by atoms with Crippen molar-refractivity contribution in [2.45, 2.75) is 173 Å². The molecule has 0 unspecified atom stereocenters. The van der Waals surface area contributed by atoms with E-state index in [4.69, 9.17) is 19.3 Å². The van der Waals surface area contributed by atoms with Crippen molar-refractivity contribution < 1.29 is 48.2 Å². The number of carbonyl (C=O) groups is 2. The molecule has 0 saturated carbocycles. The lowest BCUT2D eigenvalue weighted by Gasteiger charge is -2.18. The Bertz CT molecular complexity index is 1060. The van der Waals surface area contributed by atoms with E-state index in [1.807, 2.05) is 6.08 Å². The molecule has 0 amide bonds. The van der Waals surface area contributed by atoms with Crippen LogP contribution >= 0.6 is 7.82 Å². The van der Waals surface area contributed by atoms with E-state index in [1.165, 1.54) is 70.6 Å². The lowest BCUT2D eigenvalue weighted by molar-refractivity contribution is -0.161. The van der Waals surface area contributed by atoms with Crippen molar-refractivity contribution in [2.75, 3.05) is 13.2 Å². The molecular weight excluding hydrogens is 683 g/mol. The smallest absolute Gasteiger partial charge is 0.462 e. The third-order valence-electron chi connectivity index (χ3n) is 8.20. The van der Waals surface area contributed by atoms with Gasteiger partial charge in [-0.05, 0) is 64.2 Å². The molecule has 4 N–H and O–H groups in total. The number of aliphatic hydroxyl groups excluding tert-OH is 2. The highest BCUT2D eigenvalue weighted by molar-refractivity contribution is 7.46. The molecule has 0 aromatic carbocycles. The number of phosphoric ester groups is 1. The predicted molar refractivity (Wildman–Crippen MR) is 209 cm³/mol. The van der Waals surface area contributed by atoms with Crippen LogP contribution in [0.5, 0.6) is 0 Å². The second kappa shape index (κ2) is 35.7. The first-order chi connectivity index (χ1) is 25.1. The average molecular weight is 755 g/mol. The summed E-state index contributed by atoms with van der Waals surface area (Å²) in [4.78, 5) is 42.8. The van der Waals surface area contributed by atoms with Gasteiger partial charge in [-0.25, -0.2) is 4.57 Å². The molecule has 0 radical (unpaired) electrons. The Morgan fingerprint density at radius 1 is 0.596 bits per heavy atom. The van der Waals surface area contributed by atoms with Crippen LogP contribution < -0.4 is 0 Å². The number of hydrogen-bond acceptors (Lipinski definition) is 8. The molecule has 3 atom stereocenters. The Kier molecular flexibility index (Phi) is 34.1. The molecule has 300 valence electrons. The van der Waals surface area contributed by atoms with E-state index in [9.17, 15) is 24.4 Å². The standard InChI is InChI=1S/C41H71O10P/c1-3-5-7-9-11-12-13-14-15-16-17-18-19-21-27-33-40(44)49-35-39(36-50-52(46,47)48)51-41(45)34-28-32-38(43)31-26-23-22-25-30-37(42)29-24-20-10-8-6-4-2/h12-13,20,22-26,30-31,37-39,42-43H,3-11,14-19,21,27-29,32-36H2,1-2H3,(H2,46,47,48)/b13-12-,23-22+,24-20-,30-25+,31-26-/t37-,38-,39+/m0/s1. The second-order valence-electron chi connectivity index (χ2n) is 13.3. The monoisotopic (exact) mass is 754 g/mol. The van der Waals surface area contributed by atoms with E-state index in [0.29, 0.717) is 19.3 Å². The van der Waals surface area contributed by atoms with Gasteiger partial charge in [0, 0.05) is 12.8 Å². The van der Waals surface area contributed by atoms with Gasteiger partial charge in [-0.3, -0.25) is 14.1 Å². The highest BCUT2D eigenvalue weighted by Gasteiger charge is 2.23. The van der Waals surface area contributed by atoms with Gasteiger partial charge in [-0.15, -0.1) is 0 Å². The van der Waals surface area contributed by atoms with Crippen molar-refractivity contribution in [3.63, 3.8) is 0 Å². The molecule has 11 heteroatoms. The van der Waals surface area contributed by atoms with Gasteiger partial charge < -0.3 is 29.5 Å². The minimum absolute atomic E-state index is 0.0510. The number of phosphoric acid groups is 1. The number of esters is 2. The van der Waals surface area contributed by atoms with Gasteiger partial charge in [0.25, 0.3) is 0 Å². The zero-order valence-corrected chi connectivity index (χ0v) is 33.1. The van der Waals surface area contributed by atoms with Crippen LogP contribution in [0.25, 0.3) is 0 Å². The molecule has 0 saturated heterocycles. The van der Waals surface area contributed by atoms with Gasteiger partial charge >= 0.3 is 19.8 Å². The molecule has 0 fully saturated rings. The van der Waals surface area contributed by atoms with Crippen LogP contribution in [-0.4, -0.2) is 63.5 Å². The maximum absolute atomic E-state index is 12.4. The summed E-state index contributed by atoms with van der Waals surface area (Å²) in [6, 6.07) is 0. The van der Waals surface area contributed by atoms with Crippen LogP contribution in [0, 0.1) is 0 Å². The minimum Gasteiger partial charge on any atom is -0.462 e. The Hall–Kier alpha value is -2.33. The van der Waals surface area contributed by atoms with Gasteiger partial charge in [0.05, 0.1) is 18.8 Å². The number of rotatable bonds is 35. The highest BCUT2D eigenvalue weighted by atomic mass is 31.2. The molecule has 10 nitrogen and oxygen atoms in total. The van der Waals surface area contributed by atoms with Crippen LogP contribution in [0.1, 0.15) is 155 Å². The van der Waals surface area contributed by atoms with Crippen molar-refractivity contribution in [2.24, 2.45) is 0 Å². The summed E-state index contributed by atoms with van der Waals surface area (Å²) < 4.78 is 26.2. The minimum atomic E-state index is -4.82. The fourth-order valence-corrected chi connectivity index (χ4v) is 5.51. The summed E-state index contributed by atoms with van der Waals surface area (Å²) >= 11 is 0. The Labute approximate surface area is 314 Å². The third-order valence-corrected chi connectivity index (χ3v) is 8.68. The van der Waals surface area contributed by atoms with Crippen molar-refractivity contribution in [3.8, 4) is 0 Å². The average Bonchev–Trinajstić information content (AvgIpc) is 3.10. The first-order valence-electron chi connectivity index (χ1n) is 19.8. The zero-order valence-electron chi connectivity index (χ0n) is 32.2. The van der Waals surface area contributed by atoms with Gasteiger partial charge in [0.15, 0.2) is 6.10 Å². The number of carbonyl (C=O) groups excluding carboxylic acids is 2. The number of aliphatic hydroxyl groups is 2. The molecule has 0 aromatic rings. The molecule has 0 aliphatic rings. The SMILES string of the molecule is CCCCC/C=C\C[C@H](O)/C=C/C=C/C=C\[C@H](O)CCCC(=O)O[C@H](COC(=O)CCCCCCCCC/C=C\CCCCCC)COP(=O)(O)O. The number of unbranched alkanes of at least 4 members (excludes halogenated alkanes) is 14. The Morgan fingerprint density at radius 2 is 1.10 bits per heavy atom.